The van der Waals surface area contributed by atoms with Crippen molar-refractivity contribution in [3.05, 3.63) is 88.0 Å². The molecule has 1 amide bonds. The summed E-state index contributed by atoms with van der Waals surface area (Å²) in [6.07, 6.45) is 0. The Hall–Kier alpha value is -3.88. The van der Waals surface area contributed by atoms with Gasteiger partial charge in [-0.05, 0) is 28.0 Å². The Balaban J connectivity index is 1.73. The number of allylic oxidation sites excluding steroid dienone is 1. The minimum Gasteiger partial charge on any atom is -0.326 e. The minimum atomic E-state index is -0.504. The van der Waals surface area contributed by atoms with Crippen LogP contribution in [0.15, 0.2) is 65.2 Å². The number of rotatable bonds is 3. The molecule has 5 rings (SSSR count). The summed E-state index contributed by atoms with van der Waals surface area (Å²) in [6.45, 7) is 0.423. The third kappa shape index (κ3) is 2.07. The van der Waals surface area contributed by atoms with Gasteiger partial charge >= 0.3 is 0 Å². The maximum absolute atomic E-state index is 13.1. The summed E-state index contributed by atoms with van der Waals surface area (Å²) >= 11 is 0. The molecule has 2 aliphatic rings. The van der Waals surface area contributed by atoms with Crippen LogP contribution in [0.3, 0.4) is 0 Å². The predicted octanol–water partition coefficient (Wildman–Crippen LogP) is 3.15. The van der Waals surface area contributed by atoms with E-state index in [9.17, 15) is 14.9 Å². The second kappa shape index (κ2) is 5.81. The van der Waals surface area contributed by atoms with Crippen LogP contribution in [0.2, 0.25) is 0 Å². The molecule has 3 aromatic carbocycles. The number of carbonyl (C=O) groups is 2. The number of nitriles is 1. The van der Waals surface area contributed by atoms with Crippen molar-refractivity contribution in [2.75, 3.05) is 0 Å². The number of nitrogens with zero attached hydrogens (tertiary/aromatic N) is 2. The van der Waals surface area contributed by atoms with Crippen LogP contribution in [0.4, 0.5) is 0 Å². The monoisotopic (exact) mass is 363 g/mol. The number of ketones is 1. The van der Waals surface area contributed by atoms with E-state index >= 15 is 0 Å². The molecule has 0 radical (unpaired) electrons. The highest BCUT2D eigenvalue weighted by atomic mass is 16.1. The fourth-order valence-electron chi connectivity index (χ4n) is 3.96. The van der Waals surface area contributed by atoms with E-state index in [0.29, 0.717) is 29.0 Å². The van der Waals surface area contributed by atoms with E-state index in [2.05, 4.69) is 4.99 Å². The standard InChI is InChI=1S/C23H13N3O2/c24-10-12-4-6-13(7-5-12)22(27)15-8-9-17-19-14(15)2-1-3-16(19)20-18(11-25)23(28)26-21(17)20/h1-9H,10,24H2. The summed E-state index contributed by atoms with van der Waals surface area (Å²) in [5, 5.41) is 11.0. The van der Waals surface area contributed by atoms with E-state index in [1.807, 2.05) is 42.5 Å². The highest BCUT2D eigenvalue weighted by Crippen LogP contribution is 2.43. The maximum atomic E-state index is 13.1. The van der Waals surface area contributed by atoms with Crippen molar-refractivity contribution in [3.8, 4) is 6.07 Å². The zero-order valence-electron chi connectivity index (χ0n) is 14.7. The number of amides is 1. The molecule has 0 unspecified atom stereocenters. The summed E-state index contributed by atoms with van der Waals surface area (Å²) in [7, 11) is 0. The van der Waals surface area contributed by atoms with E-state index in [1.165, 1.54) is 0 Å². The van der Waals surface area contributed by atoms with Gasteiger partial charge in [-0.25, -0.2) is 4.99 Å². The van der Waals surface area contributed by atoms with Gasteiger partial charge in [0.15, 0.2) is 5.78 Å². The molecule has 0 atom stereocenters. The molecule has 0 saturated heterocycles. The summed E-state index contributed by atoms with van der Waals surface area (Å²) in [4.78, 5) is 29.3. The Bertz CT molecular complexity index is 1320. The largest absolute Gasteiger partial charge is 0.326 e. The number of hydrogen-bond acceptors (Lipinski definition) is 4. The molecule has 0 aromatic heterocycles. The van der Waals surface area contributed by atoms with Crippen molar-refractivity contribution < 1.29 is 9.59 Å². The van der Waals surface area contributed by atoms with E-state index in [1.54, 1.807) is 18.2 Å². The maximum Gasteiger partial charge on any atom is 0.288 e. The van der Waals surface area contributed by atoms with Crippen molar-refractivity contribution in [1.82, 2.24) is 0 Å². The molecule has 1 heterocycles. The summed E-state index contributed by atoms with van der Waals surface area (Å²) in [5.74, 6) is -0.591. The Labute approximate surface area is 160 Å². The van der Waals surface area contributed by atoms with Gasteiger partial charge in [0, 0.05) is 28.8 Å². The predicted molar refractivity (Wildman–Crippen MR) is 106 cm³/mol. The fraction of sp³-hybridized carbons (Fsp3) is 0.0435. The number of benzene rings is 3. The van der Waals surface area contributed by atoms with Gasteiger partial charge in [-0.1, -0.05) is 48.5 Å². The lowest BCUT2D eigenvalue weighted by Crippen LogP contribution is -2.04. The first-order chi connectivity index (χ1) is 13.6. The molecule has 0 saturated carbocycles. The Morgan fingerprint density at radius 1 is 1.04 bits per heavy atom. The molecular weight excluding hydrogens is 350 g/mol. The lowest BCUT2D eigenvalue weighted by atomic mass is 9.94. The minimum absolute atomic E-state index is 0.0592. The van der Waals surface area contributed by atoms with Crippen LogP contribution in [0.5, 0.6) is 0 Å². The Morgan fingerprint density at radius 3 is 2.54 bits per heavy atom. The van der Waals surface area contributed by atoms with E-state index in [0.717, 1.165) is 27.5 Å². The van der Waals surface area contributed by atoms with Gasteiger partial charge in [-0.2, -0.15) is 5.26 Å². The summed E-state index contributed by atoms with van der Waals surface area (Å²) in [6, 6.07) is 18.4. The molecule has 132 valence electrons. The normalized spacial score (nSPS) is 14.3. The number of aliphatic imine (C=N–C) groups is 1. The zero-order chi connectivity index (χ0) is 19.4. The van der Waals surface area contributed by atoms with Gasteiger partial charge in [-0.3, -0.25) is 9.59 Å². The van der Waals surface area contributed by atoms with Crippen LogP contribution >= 0.6 is 0 Å². The van der Waals surface area contributed by atoms with Gasteiger partial charge < -0.3 is 5.73 Å². The highest BCUT2D eigenvalue weighted by Gasteiger charge is 2.36. The second-order valence-electron chi connectivity index (χ2n) is 6.75. The van der Waals surface area contributed by atoms with Crippen molar-refractivity contribution in [3.63, 3.8) is 0 Å². The number of hydrogen-bond donors (Lipinski definition) is 1. The van der Waals surface area contributed by atoms with Crippen LogP contribution < -0.4 is 5.73 Å². The smallest absolute Gasteiger partial charge is 0.288 e. The first kappa shape index (κ1) is 16.3. The molecule has 0 spiro atoms. The average Bonchev–Trinajstić information content (AvgIpc) is 3.22. The van der Waals surface area contributed by atoms with Crippen LogP contribution in [0.25, 0.3) is 16.3 Å². The van der Waals surface area contributed by atoms with Gasteiger partial charge in [0.1, 0.15) is 11.6 Å². The van der Waals surface area contributed by atoms with Crippen LogP contribution in [-0.2, 0) is 11.3 Å². The molecule has 1 aliphatic heterocycles. The number of nitrogens with two attached hydrogens (primary N) is 1. The first-order valence-corrected chi connectivity index (χ1v) is 8.82. The molecular formula is C23H13N3O2. The lowest BCUT2D eigenvalue weighted by Gasteiger charge is -2.09. The van der Waals surface area contributed by atoms with Crippen LogP contribution in [-0.4, -0.2) is 17.4 Å². The zero-order valence-corrected chi connectivity index (χ0v) is 14.7. The Kier molecular flexibility index (Phi) is 3.38. The van der Waals surface area contributed by atoms with Crippen molar-refractivity contribution >= 4 is 33.7 Å². The first-order valence-electron chi connectivity index (χ1n) is 8.82. The van der Waals surface area contributed by atoms with Crippen molar-refractivity contribution in [2.24, 2.45) is 10.7 Å². The summed E-state index contributed by atoms with van der Waals surface area (Å²) in [5.41, 5.74) is 10.5. The van der Waals surface area contributed by atoms with E-state index < -0.39 is 5.91 Å². The van der Waals surface area contributed by atoms with Crippen molar-refractivity contribution in [1.29, 1.82) is 5.26 Å². The van der Waals surface area contributed by atoms with Gasteiger partial charge in [0.05, 0.1) is 5.71 Å². The van der Waals surface area contributed by atoms with E-state index in [4.69, 9.17) is 5.73 Å². The lowest BCUT2D eigenvalue weighted by molar-refractivity contribution is -0.113. The van der Waals surface area contributed by atoms with Crippen molar-refractivity contribution in [2.45, 2.75) is 6.54 Å². The second-order valence-corrected chi connectivity index (χ2v) is 6.75. The van der Waals surface area contributed by atoms with Gasteiger partial charge in [-0.15, -0.1) is 0 Å². The fourth-order valence-corrected chi connectivity index (χ4v) is 3.96. The molecule has 5 nitrogen and oxygen atoms in total. The highest BCUT2D eigenvalue weighted by molar-refractivity contribution is 6.50. The number of fused-ring (bicyclic) bond motifs is 3. The third-order valence-electron chi connectivity index (χ3n) is 5.29. The third-order valence-corrected chi connectivity index (χ3v) is 5.29. The molecule has 1 aliphatic carbocycles. The van der Waals surface area contributed by atoms with E-state index in [-0.39, 0.29) is 11.4 Å². The SMILES string of the molecule is N#CC1=C2C(=NC1=O)c1ccc(C(=O)c3ccc(CN)cc3)c3cccc2c13. The van der Waals surface area contributed by atoms with Crippen LogP contribution in [0, 0.1) is 11.3 Å². The van der Waals surface area contributed by atoms with Crippen LogP contribution in [0.1, 0.15) is 32.6 Å². The van der Waals surface area contributed by atoms with Gasteiger partial charge in [0.2, 0.25) is 0 Å². The number of carbonyl (C=O) groups excluding carboxylic acids is 2. The Morgan fingerprint density at radius 2 is 1.82 bits per heavy atom. The molecule has 2 N–H and O–H groups in total. The molecule has 0 bridgehead atoms. The molecule has 5 heteroatoms. The quantitative estimate of drug-likeness (QED) is 0.723. The molecule has 3 aromatic rings. The molecule has 0 fully saturated rings. The molecule has 28 heavy (non-hydrogen) atoms. The van der Waals surface area contributed by atoms with Gasteiger partial charge in [0.25, 0.3) is 5.91 Å². The summed E-state index contributed by atoms with van der Waals surface area (Å²) < 4.78 is 0. The topological polar surface area (TPSA) is 96.3 Å². The average molecular weight is 363 g/mol.